The van der Waals surface area contributed by atoms with E-state index in [4.69, 9.17) is 9.47 Å². The molecule has 0 spiro atoms. The lowest BCUT2D eigenvalue weighted by Gasteiger charge is -2.48. The van der Waals surface area contributed by atoms with Crippen LogP contribution in [0.1, 0.15) is 53.9 Å². The minimum Gasteiger partial charge on any atom is -0.484 e. The summed E-state index contributed by atoms with van der Waals surface area (Å²) in [6, 6.07) is 7.45. The van der Waals surface area contributed by atoms with Gasteiger partial charge in [-0.05, 0) is 68.7 Å². The molecule has 11 heteroatoms. The molecule has 1 aromatic rings. The van der Waals surface area contributed by atoms with Gasteiger partial charge in [-0.15, -0.1) is 0 Å². The number of amides is 2. The van der Waals surface area contributed by atoms with Gasteiger partial charge in [0.2, 0.25) is 0 Å². The molecular weight excluding hydrogens is 620 g/mol. The lowest BCUT2D eigenvalue weighted by Crippen LogP contribution is -2.74. The van der Waals surface area contributed by atoms with Gasteiger partial charge in [-0.2, -0.15) is 0 Å². The second-order valence-electron chi connectivity index (χ2n) is 12.6. The minimum absolute atomic E-state index is 0.0457. The molecule has 1 unspecified atom stereocenters. The number of carbonyl (C=O) groups excluding carboxylic acids is 3. The summed E-state index contributed by atoms with van der Waals surface area (Å²) < 4.78 is 23.7. The van der Waals surface area contributed by atoms with Crippen molar-refractivity contribution in [2.24, 2.45) is 5.41 Å². The average molecular weight is 663 g/mol. The quantitative estimate of drug-likeness (QED) is 0.140. The maximum absolute atomic E-state index is 13.1. The zero-order valence-electron chi connectivity index (χ0n) is 27.4. The predicted octanol–water partition coefficient (Wildman–Crippen LogP) is 4.89. The number of allylic oxidation sites excluding steroid dienone is 9. The number of carboxylic acid groups (broad SMARTS) is 1. The van der Waals surface area contributed by atoms with Crippen LogP contribution in [0.4, 0.5) is 0 Å². The number of β-lactam (4-membered cyclic amide) rings is 1. The first-order valence-electron chi connectivity index (χ1n) is 15.5. The van der Waals surface area contributed by atoms with E-state index in [-0.39, 0.29) is 23.3 Å². The number of benzene rings is 1. The Morgan fingerprint density at radius 1 is 1.13 bits per heavy atom. The van der Waals surface area contributed by atoms with Crippen LogP contribution in [0.25, 0.3) is 0 Å². The molecule has 1 aromatic carbocycles. The van der Waals surface area contributed by atoms with E-state index in [2.05, 4.69) is 38.2 Å². The highest BCUT2D eigenvalue weighted by Gasteiger charge is 2.57. The second-order valence-corrected chi connectivity index (χ2v) is 14.1. The van der Waals surface area contributed by atoms with Crippen molar-refractivity contribution >= 4 is 34.6 Å². The van der Waals surface area contributed by atoms with E-state index in [0.29, 0.717) is 11.3 Å². The largest absolute Gasteiger partial charge is 0.484 e. The number of para-hydroxylation sites is 1. The number of rotatable bonds is 12. The second kappa shape index (κ2) is 15.4. The number of hydrogen-bond donors (Lipinski definition) is 2. The molecule has 0 saturated carbocycles. The zero-order valence-corrected chi connectivity index (χ0v) is 28.2. The van der Waals surface area contributed by atoms with Crippen molar-refractivity contribution in [3.63, 3.8) is 0 Å². The van der Waals surface area contributed by atoms with Crippen molar-refractivity contribution in [1.82, 2.24) is 10.2 Å². The third-order valence-corrected chi connectivity index (χ3v) is 10.00. The topological polar surface area (TPSA) is 139 Å². The molecule has 4 rings (SSSR count). The first-order valence-corrected chi connectivity index (χ1v) is 16.9. The Bertz CT molecular complexity index is 1630. The monoisotopic (exact) mass is 662 g/mol. The summed E-state index contributed by atoms with van der Waals surface area (Å²) in [5.41, 5.74) is 4.29. The van der Waals surface area contributed by atoms with E-state index in [1.807, 2.05) is 19.1 Å². The van der Waals surface area contributed by atoms with E-state index < -0.39 is 58.3 Å². The van der Waals surface area contributed by atoms with Crippen molar-refractivity contribution in [3.05, 3.63) is 100 Å². The van der Waals surface area contributed by atoms with Crippen molar-refractivity contribution in [2.75, 3.05) is 19.0 Å². The fraction of sp³-hybridized carbons (Fsp3) is 0.389. The van der Waals surface area contributed by atoms with Crippen molar-refractivity contribution in [2.45, 2.75) is 65.3 Å². The van der Waals surface area contributed by atoms with Gasteiger partial charge in [0.15, 0.2) is 6.61 Å². The Balaban J connectivity index is 1.33. The molecule has 3 atom stereocenters. The predicted molar refractivity (Wildman–Crippen MR) is 179 cm³/mol. The normalized spacial score (nSPS) is 23.1. The third-order valence-electron chi connectivity index (χ3n) is 8.34. The number of aliphatic carboxylic acids is 1. The third kappa shape index (κ3) is 8.85. The number of nitrogens with zero attached hydrogens (tertiary/aromatic N) is 1. The van der Waals surface area contributed by atoms with Gasteiger partial charge in [-0.3, -0.25) is 18.7 Å². The Morgan fingerprint density at radius 3 is 2.53 bits per heavy atom. The minimum atomic E-state index is -1.75. The molecular formula is C36H42N2O8S. The molecule has 2 amide bonds. The highest BCUT2D eigenvalue weighted by Crippen LogP contribution is 2.41. The number of hydrogen-bond acceptors (Lipinski definition) is 7. The summed E-state index contributed by atoms with van der Waals surface area (Å²) in [6.45, 7) is 9.66. The summed E-state index contributed by atoms with van der Waals surface area (Å²) in [5.74, 6) is -3.23. The Hall–Kier alpha value is -4.51. The Morgan fingerprint density at radius 2 is 1.85 bits per heavy atom. The highest BCUT2D eigenvalue weighted by atomic mass is 32.2. The molecule has 2 N–H and O–H groups in total. The van der Waals surface area contributed by atoms with Crippen LogP contribution in [0, 0.1) is 5.41 Å². The van der Waals surface area contributed by atoms with E-state index >= 15 is 0 Å². The highest BCUT2D eigenvalue weighted by molar-refractivity contribution is 7.86. The van der Waals surface area contributed by atoms with Crippen LogP contribution in [-0.2, 0) is 34.7 Å². The molecule has 1 aliphatic carbocycles. The van der Waals surface area contributed by atoms with Crippen LogP contribution >= 0.6 is 0 Å². The van der Waals surface area contributed by atoms with Gasteiger partial charge in [0.1, 0.15) is 29.5 Å². The molecule has 2 aliphatic heterocycles. The average Bonchev–Trinajstić information content (AvgIpc) is 3.01. The molecule has 3 aliphatic rings. The summed E-state index contributed by atoms with van der Waals surface area (Å²) in [4.78, 5) is 50.9. The first-order chi connectivity index (χ1) is 22.3. The fourth-order valence-corrected chi connectivity index (χ4v) is 7.58. The van der Waals surface area contributed by atoms with Crippen LogP contribution in [0.5, 0.6) is 5.75 Å². The van der Waals surface area contributed by atoms with Crippen molar-refractivity contribution < 1.29 is 38.0 Å². The van der Waals surface area contributed by atoms with Crippen LogP contribution in [-0.4, -0.2) is 68.4 Å². The first kappa shape index (κ1) is 35.3. The van der Waals surface area contributed by atoms with Crippen molar-refractivity contribution in [3.8, 4) is 5.75 Å². The zero-order chi connectivity index (χ0) is 34.3. The Labute approximate surface area is 278 Å². The van der Waals surface area contributed by atoms with Crippen LogP contribution in [0.15, 0.2) is 100 Å². The Kier molecular flexibility index (Phi) is 11.6. The molecule has 0 aromatic heterocycles. The van der Waals surface area contributed by atoms with Crippen LogP contribution < -0.4 is 10.1 Å². The van der Waals surface area contributed by atoms with Crippen LogP contribution in [0.2, 0.25) is 0 Å². The summed E-state index contributed by atoms with van der Waals surface area (Å²) in [6.07, 6.45) is 14.6. The van der Waals surface area contributed by atoms with E-state index in [0.717, 1.165) is 16.9 Å². The molecule has 1 fully saturated rings. The molecule has 250 valence electrons. The van der Waals surface area contributed by atoms with Crippen LogP contribution in [0.3, 0.4) is 0 Å². The molecule has 1 saturated heterocycles. The van der Waals surface area contributed by atoms with Gasteiger partial charge in [-0.1, -0.05) is 73.6 Å². The summed E-state index contributed by atoms with van der Waals surface area (Å²) >= 11 is 0. The lowest BCUT2D eigenvalue weighted by atomic mass is 9.72. The number of ether oxygens (including phenoxy) is 2. The van der Waals surface area contributed by atoms with Gasteiger partial charge in [0.05, 0.1) is 16.6 Å². The van der Waals surface area contributed by atoms with Gasteiger partial charge in [0, 0.05) is 11.6 Å². The maximum atomic E-state index is 13.1. The molecule has 47 heavy (non-hydrogen) atoms. The summed E-state index contributed by atoms with van der Waals surface area (Å²) in [7, 11) is -1.75. The van der Waals surface area contributed by atoms with Gasteiger partial charge < -0.3 is 19.9 Å². The smallest absolute Gasteiger partial charge is 0.352 e. The molecule has 10 nitrogen and oxygen atoms in total. The van der Waals surface area contributed by atoms with E-state index in [9.17, 15) is 28.5 Å². The van der Waals surface area contributed by atoms with Gasteiger partial charge in [0.25, 0.3) is 11.8 Å². The van der Waals surface area contributed by atoms with Gasteiger partial charge in [-0.25, -0.2) is 9.59 Å². The maximum Gasteiger partial charge on any atom is 0.352 e. The fourth-order valence-electron chi connectivity index (χ4n) is 5.91. The van der Waals surface area contributed by atoms with Crippen molar-refractivity contribution in [1.29, 1.82) is 0 Å². The SMILES string of the molecule is CC1=C(/C=C/C(C)=C/C=C/C(C)=C/C(=O)OCC2=C(C(=O)O)N3C(=O)[C@@H](NC(=O)COc4ccccc4)[C@H]3S(=O)C2)C(C)(C)CCC1. The number of esters is 1. The van der Waals surface area contributed by atoms with E-state index in [1.165, 1.54) is 30.1 Å². The molecule has 2 heterocycles. The van der Waals surface area contributed by atoms with Gasteiger partial charge >= 0.3 is 11.9 Å². The lowest BCUT2D eigenvalue weighted by molar-refractivity contribution is -0.151. The summed E-state index contributed by atoms with van der Waals surface area (Å²) in [5, 5.41) is 11.3. The number of carbonyl (C=O) groups is 4. The molecule has 0 bridgehead atoms. The number of fused-ring (bicyclic) bond motifs is 1. The standard InChI is InChI=1S/C36H42N2O8S/c1-23(16-17-28-25(3)13-10-18-36(28,4)5)11-9-12-24(2)19-30(40)46-20-26-22-47(44)34-31(33(41)38(34)32(26)35(42)43)37-29(39)21-45-27-14-7-6-8-15-27/h6-9,11-12,14-17,19,31,34H,10,13,18,20-22H2,1-5H3,(H,37,39)(H,42,43)/b12-9+,17-16+,23-11+,24-19+/t31-,34-,47?/m1/s1. The number of nitrogens with one attached hydrogen (secondary N) is 1. The molecule has 0 radical (unpaired) electrons. The van der Waals surface area contributed by atoms with E-state index in [1.54, 1.807) is 43.3 Å². The number of carboxylic acids is 1.